The van der Waals surface area contributed by atoms with Gasteiger partial charge in [-0.25, -0.2) is 4.98 Å². The lowest BCUT2D eigenvalue weighted by Crippen LogP contribution is -2.13. The molecule has 0 amide bonds. The Balaban J connectivity index is 1.74. The van der Waals surface area contributed by atoms with Crippen LogP contribution in [0.5, 0.6) is 0 Å². The van der Waals surface area contributed by atoms with Crippen LogP contribution in [0.15, 0.2) is 77.3 Å². The number of fused-ring (bicyclic) bond motifs is 5. The van der Waals surface area contributed by atoms with E-state index in [0.29, 0.717) is 12.5 Å². The number of para-hydroxylation sites is 1. The van der Waals surface area contributed by atoms with Crippen LogP contribution in [0, 0.1) is 0 Å². The predicted molar refractivity (Wildman–Crippen MR) is 131 cm³/mol. The quantitative estimate of drug-likeness (QED) is 0.451. The summed E-state index contributed by atoms with van der Waals surface area (Å²) >= 11 is 0. The lowest BCUT2D eigenvalue weighted by Gasteiger charge is -2.13. The number of nitrogens with one attached hydrogen (secondary N) is 2. The van der Waals surface area contributed by atoms with Gasteiger partial charge in [0.1, 0.15) is 11.7 Å². The van der Waals surface area contributed by atoms with Crippen LogP contribution in [0.1, 0.15) is 37.3 Å². The van der Waals surface area contributed by atoms with Gasteiger partial charge in [-0.2, -0.15) is 4.98 Å². The van der Waals surface area contributed by atoms with Crippen LogP contribution in [0.2, 0.25) is 0 Å². The minimum atomic E-state index is 0.609. The maximum absolute atomic E-state index is 4.79. The third kappa shape index (κ3) is 5.37. The van der Waals surface area contributed by atoms with E-state index >= 15 is 0 Å². The monoisotopic (exact) mass is 411 g/mol. The van der Waals surface area contributed by atoms with Crippen molar-refractivity contribution in [1.82, 2.24) is 9.97 Å². The van der Waals surface area contributed by atoms with Gasteiger partial charge in [0.25, 0.3) is 0 Å². The third-order valence-electron chi connectivity index (χ3n) is 5.45. The van der Waals surface area contributed by atoms with Crippen molar-refractivity contribution in [2.45, 2.75) is 39.2 Å². The number of anilines is 2. The Bertz CT molecular complexity index is 1140. The summed E-state index contributed by atoms with van der Waals surface area (Å²) in [5.74, 6) is 2.15. The summed E-state index contributed by atoms with van der Waals surface area (Å²) in [5.41, 5.74) is 4.81. The van der Waals surface area contributed by atoms with Gasteiger partial charge >= 0.3 is 0 Å². The smallest absolute Gasteiger partial charge is 0.225 e. The highest BCUT2D eigenvalue weighted by Crippen LogP contribution is 2.23. The third-order valence-corrected chi connectivity index (χ3v) is 5.45. The summed E-state index contributed by atoms with van der Waals surface area (Å²) < 4.78 is 0. The zero-order chi connectivity index (χ0) is 21.5. The Morgan fingerprint density at radius 1 is 0.935 bits per heavy atom. The fourth-order valence-electron chi connectivity index (χ4n) is 3.77. The zero-order valence-electron chi connectivity index (χ0n) is 18.2. The number of benzene rings is 2. The molecular weight excluding hydrogens is 382 g/mol. The molecule has 3 aromatic rings. The van der Waals surface area contributed by atoms with Gasteiger partial charge in [-0.3, -0.25) is 4.99 Å². The summed E-state index contributed by atoms with van der Waals surface area (Å²) in [6, 6.07) is 16.7. The maximum Gasteiger partial charge on any atom is 0.225 e. The number of hydrogen-bond acceptors (Lipinski definition) is 4. The fourth-order valence-corrected chi connectivity index (χ4v) is 3.77. The second kappa shape index (κ2) is 10.0. The zero-order valence-corrected chi connectivity index (χ0v) is 18.2. The van der Waals surface area contributed by atoms with Gasteiger partial charge in [0.05, 0.1) is 5.52 Å². The SMILES string of the molecule is CN=C1/C=C(\C)C/C=C\CCCc2ccccc2CNc2nc(c3ccccc3n2)N1. The van der Waals surface area contributed by atoms with E-state index in [0.717, 1.165) is 48.2 Å². The van der Waals surface area contributed by atoms with E-state index in [-0.39, 0.29) is 0 Å². The molecule has 1 aromatic heterocycles. The standard InChI is InChI=1S/C26H29N5/c1-19-11-5-3-4-6-12-20-13-7-8-14-21(20)18-28-26-29-23-16-10-9-15-22(23)25(31-26)30-24(17-19)27-2/h3,5,7-10,13-17H,4,6,11-12,18H2,1-2H3,(H2,27,28,29,30,31)/b5-3-,19-17+. The molecular formula is C26H29N5. The Morgan fingerprint density at radius 3 is 2.61 bits per heavy atom. The van der Waals surface area contributed by atoms with Gasteiger partial charge in [0, 0.05) is 19.0 Å². The maximum atomic E-state index is 4.79. The van der Waals surface area contributed by atoms with Gasteiger partial charge in [-0.05, 0) is 61.9 Å². The molecule has 158 valence electrons. The van der Waals surface area contributed by atoms with Crippen LogP contribution in [-0.4, -0.2) is 22.9 Å². The van der Waals surface area contributed by atoms with Crippen molar-refractivity contribution in [1.29, 1.82) is 0 Å². The summed E-state index contributed by atoms with van der Waals surface area (Å²) in [6.45, 7) is 2.82. The molecule has 0 saturated heterocycles. The molecule has 31 heavy (non-hydrogen) atoms. The lowest BCUT2D eigenvalue weighted by molar-refractivity contribution is 0.829. The van der Waals surface area contributed by atoms with Gasteiger partial charge in [-0.1, -0.05) is 54.1 Å². The first-order chi connectivity index (χ1) is 15.2. The molecule has 0 spiro atoms. The molecule has 0 unspecified atom stereocenters. The summed E-state index contributed by atoms with van der Waals surface area (Å²) in [5, 5.41) is 7.82. The minimum Gasteiger partial charge on any atom is -0.350 e. The number of hydrogen-bond donors (Lipinski definition) is 2. The van der Waals surface area contributed by atoms with Crippen molar-refractivity contribution < 1.29 is 0 Å². The normalized spacial score (nSPS) is 19.4. The molecule has 2 N–H and O–H groups in total. The van der Waals surface area contributed by atoms with Crippen molar-refractivity contribution in [3.05, 3.63) is 83.5 Å². The molecule has 0 fully saturated rings. The van der Waals surface area contributed by atoms with Crippen LogP contribution >= 0.6 is 0 Å². The van der Waals surface area contributed by atoms with E-state index in [9.17, 15) is 0 Å². The van der Waals surface area contributed by atoms with Crippen molar-refractivity contribution in [3.8, 4) is 0 Å². The van der Waals surface area contributed by atoms with Crippen LogP contribution < -0.4 is 10.6 Å². The van der Waals surface area contributed by atoms with E-state index < -0.39 is 0 Å². The number of rotatable bonds is 0. The van der Waals surface area contributed by atoms with Crippen LogP contribution in [0.25, 0.3) is 10.9 Å². The predicted octanol–water partition coefficient (Wildman–Crippen LogP) is 5.91. The van der Waals surface area contributed by atoms with E-state index in [2.05, 4.69) is 65.0 Å². The van der Waals surface area contributed by atoms with Crippen molar-refractivity contribution in [2.75, 3.05) is 17.7 Å². The number of amidine groups is 1. The minimum absolute atomic E-state index is 0.609. The Labute approximate surface area is 184 Å². The number of aliphatic imine (C=N–C) groups is 1. The number of aromatic nitrogens is 2. The molecule has 1 aliphatic heterocycles. The largest absolute Gasteiger partial charge is 0.350 e. The first kappa shape index (κ1) is 20.8. The average molecular weight is 412 g/mol. The first-order valence-electron chi connectivity index (χ1n) is 10.9. The molecule has 5 heteroatoms. The molecule has 0 atom stereocenters. The number of aryl methyl sites for hydroxylation is 1. The number of allylic oxidation sites excluding steroid dienone is 3. The van der Waals surface area contributed by atoms with Gasteiger partial charge in [0.2, 0.25) is 5.95 Å². The molecule has 0 radical (unpaired) electrons. The summed E-state index contributed by atoms with van der Waals surface area (Å²) in [6.07, 6.45) is 10.8. The highest BCUT2D eigenvalue weighted by molar-refractivity contribution is 6.07. The van der Waals surface area contributed by atoms with E-state index in [1.54, 1.807) is 7.05 Å². The molecule has 5 nitrogen and oxygen atoms in total. The van der Waals surface area contributed by atoms with Crippen LogP contribution in [0.4, 0.5) is 11.8 Å². The van der Waals surface area contributed by atoms with E-state index in [1.807, 2.05) is 24.3 Å². The molecule has 2 aromatic carbocycles. The lowest BCUT2D eigenvalue weighted by atomic mass is 10.0. The Kier molecular flexibility index (Phi) is 6.72. The summed E-state index contributed by atoms with van der Waals surface area (Å²) in [7, 11) is 1.80. The highest BCUT2D eigenvalue weighted by atomic mass is 15.2. The van der Waals surface area contributed by atoms with Crippen molar-refractivity contribution in [2.24, 2.45) is 4.99 Å². The topological polar surface area (TPSA) is 62.2 Å². The van der Waals surface area contributed by atoms with Crippen molar-refractivity contribution in [3.63, 3.8) is 0 Å². The average Bonchev–Trinajstić information content (AvgIpc) is 2.79. The number of nitrogens with zero attached hydrogens (tertiary/aromatic N) is 3. The fraction of sp³-hybridized carbons (Fsp3) is 0.269. The molecule has 2 bridgehead atoms. The van der Waals surface area contributed by atoms with Crippen LogP contribution in [-0.2, 0) is 13.0 Å². The Hall–Kier alpha value is -3.47. The second-order valence-corrected chi connectivity index (χ2v) is 7.83. The molecule has 1 aliphatic rings. The second-order valence-electron chi connectivity index (χ2n) is 7.83. The van der Waals surface area contributed by atoms with E-state index in [1.165, 1.54) is 16.7 Å². The summed E-state index contributed by atoms with van der Waals surface area (Å²) in [4.78, 5) is 14.0. The molecule has 0 saturated carbocycles. The van der Waals surface area contributed by atoms with Crippen molar-refractivity contribution >= 4 is 28.5 Å². The highest BCUT2D eigenvalue weighted by Gasteiger charge is 2.10. The van der Waals surface area contributed by atoms with Crippen LogP contribution in [0.3, 0.4) is 0 Å². The first-order valence-corrected chi connectivity index (χ1v) is 10.9. The molecule has 0 aliphatic carbocycles. The molecule has 2 heterocycles. The Morgan fingerprint density at radius 2 is 1.74 bits per heavy atom. The molecule has 4 rings (SSSR count). The van der Waals surface area contributed by atoms with E-state index in [4.69, 9.17) is 9.97 Å². The van der Waals surface area contributed by atoms with Gasteiger partial charge < -0.3 is 10.6 Å². The van der Waals surface area contributed by atoms with Gasteiger partial charge in [-0.15, -0.1) is 0 Å². The van der Waals surface area contributed by atoms with Gasteiger partial charge in [0.15, 0.2) is 0 Å².